The second-order valence-electron chi connectivity index (χ2n) is 4.60. The summed E-state index contributed by atoms with van der Waals surface area (Å²) < 4.78 is 14.5. The normalized spacial score (nSPS) is 21.1. The van der Waals surface area contributed by atoms with Crippen LogP contribution in [-0.2, 0) is 9.59 Å². The van der Waals surface area contributed by atoms with Gasteiger partial charge in [-0.3, -0.25) is 19.8 Å². The Hall–Kier alpha value is -1.27. The van der Waals surface area contributed by atoms with Crippen LogP contribution in [0, 0.1) is 5.82 Å². The van der Waals surface area contributed by atoms with Gasteiger partial charge in [-0.15, -0.1) is 0 Å². The number of hydrogen-bond acceptors (Lipinski definition) is 3. The van der Waals surface area contributed by atoms with Crippen molar-refractivity contribution < 1.29 is 14.0 Å². The molecule has 1 fully saturated rings. The van der Waals surface area contributed by atoms with E-state index in [2.05, 4.69) is 21.2 Å². The van der Waals surface area contributed by atoms with E-state index in [-0.39, 0.29) is 30.1 Å². The minimum atomic E-state index is -0.578. The number of likely N-dealkylation sites (N-methyl/N-ethyl adjacent to an activating group) is 1. The van der Waals surface area contributed by atoms with Crippen molar-refractivity contribution in [3.8, 4) is 0 Å². The van der Waals surface area contributed by atoms with Crippen molar-refractivity contribution in [1.29, 1.82) is 0 Å². The Morgan fingerprint density at radius 3 is 2.74 bits per heavy atom. The van der Waals surface area contributed by atoms with Crippen molar-refractivity contribution in [2.75, 3.05) is 7.05 Å². The lowest BCUT2D eigenvalue weighted by Crippen LogP contribution is -2.38. The zero-order valence-electron chi connectivity index (χ0n) is 10.6. The molecule has 0 saturated carbocycles. The third-order valence-electron chi connectivity index (χ3n) is 3.26. The van der Waals surface area contributed by atoms with Crippen LogP contribution in [0.5, 0.6) is 0 Å². The highest BCUT2D eigenvalue weighted by molar-refractivity contribution is 9.10. The van der Waals surface area contributed by atoms with E-state index >= 15 is 0 Å². The maximum atomic E-state index is 13.7. The predicted octanol–water partition coefficient (Wildman–Crippen LogP) is 2.00. The van der Waals surface area contributed by atoms with Gasteiger partial charge in [0.2, 0.25) is 11.8 Å². The first kappa shape index (κ1) is 14.1. The second kappa shape index (κ2) is 5.38. The van der Waals surface area contributed by atoms with Gasteiger partial charge in [0.15, 0.2) is 0 Å². The number of benzene rings is 1. The van der Waals surface area contributed by atoms with Crippen LogP contribution < -0.4 is 5.32 Å². The minimum Gasteiger partial charge on any atom is -0.299 e. The summed E-state index contributed by atoms with van der Waals surface area (Å²) in [5.74, 6) is -0.829. The van der Waals surface area contributed by atoms with E-state index in [4.69, 9.17) is 0 Å². The molecule has 19 heavy (non-hydrogen) atoms. The van der Waals surface area contributed by atoms with Gasteiger partial charge in [-0.1, -0.05) is 15.9 Å². The molecule has 1 heterocycles. The molecule has 1 aliphatic heterocycles. The average Bonchev–Trinajstić information content (AvgIpc) is 2.60. The van der Waals surface area contributed by atoms with Gasteiger partial charge in [0, 0.05) is 23.1 Å². The van der Waals surface area contributed by atoms with Gasteiger partial charge in [-0.05, 0) is 25.1 Å². The van der Waals surface area contributed by atoms with Crippen molar-refractivity contribution in [2.45, 2.75) is 25.4 Å². The molecule has 2 unspecified atom stereocenters. The van der Waals surface area contributed by atoms with Gasteiger partial charge in [-0.25, -0.2) is 4.39 Å². The lowest BCUT2D eigenvalue weighted by atomic mass is 10.1. The molecule has 0 aliphatic carbocycles. The maximum absolute atomic E-state index is 13.7. The Kier molecular flexibility index (Phi) is 4.01. The lowest BCUT2D eigenvalue weighted by Gasteiger charge is -2.19. The van der Waals surface area contributed by atoms with Crippen LogP contribution in [0.15, 0.2) is 22.7 Å². The highest BCUT2D eigenvalue weighted by Gasteiger charge is 2.36. The first-order valence-corrected chi connectivity index (χ1v) is 6.71. The number of nitrogens with one attached hydrogen (secondary N) is 1. The summed E-state index contributed by atoms with van der Waals surface area (Å²) in [6.45, 7) is 1.76. The molecule has 4 nitrogen and oxygen atoms in total. The summed E-state index contributed by atoms with van der Waals surface area (Å²) in [7, 11) is 1.46. The highest BCUT2D eigenvalue weighted by Crippen LogP contribution is 2.23. The third-order valence-corrected chi connectivity index (χ3v) is 3.75. The van der Waals surface area contributed by atoms with E-state index in [0.29, 0.717) is 5.56 Å². The Labute approximate surface area is 119 Å². The summed E-state index contributed by atoms with van der Waals surface area (Å²) in [6, 6.07) is 3.71. The molecule has 1 N–H and O–H groups in total. The molecule has 2 atom stereocenters. The van der Waals surface area contributed by atoms with Crippen LogP contribution in [0.3, 0.4) is 0 Å². The van der Waals surface area contributed by atoms with Crippen molar-refractivity contribution in [3.05, 3.63) is 34.1 Å². The van der Waals surface area contributed by atoms with Crippen LogP contribution in [0.4, 0.5) is 4.39 Å². The first-order chi connectivity index (χ1) is 8.90. The number of carbonyl (C=O) groups excluding carboxylic acids is 2. The van der Waals surface area contributed by atoms with Crippen LogP contribution in [0.25, 0.3) is 0 Å². The molecule has 1 aromatic rings. The number of halogens is 2. The van der Waals surface area contributed by atoms with Gasteiger partial charge in [0.05, 0.1) is 12.5 Å². The van der Waals surface area contributed by atoms with E-state index in [1.54, 1.807) is 19.1 Å². The molecule has 1 aromatic carbocycles. The number of amides is 2. The molecule has 0 spiro atoms. The summed E-state index contributed by atoms with van der Waals surface area (Å²) in [5, 5.41) is 3.00. The zero-order valence-corrected chi connectivity index (χ0v) is 12.2. The average molecular weight is 329 g/mol. The van der Waals surface area contributed by atoms with Gasteiger partial charge in [0.1, 0.15) is 5.82 Å². The molecule has 1 aliphatic rings. The number of likely N-dealkylation sites (tertiary alicyclic amines) is 1. The summed E-state index contributed by atoms with van der Waals surface area (Å²) in [6.07, 6.45) is 0.120. The third kappa shape index (κ3) is 2.84. The van der Waals surface area contributed by atoms with E-state index < -0.39 is 6.04 Å². The van der Waals surface area contributed by atoms with Crippen molar-refractivity contribution >= 4 is 27.7 Å². The summed E-state index contributed by atoms with van der Waals surface area (Å²) in [5.41, 5.74) is 0.462. The summed E-state index contributed by atoms with van der Waals surface area (Å²) >= 11 is 3.28. The van der Waals surface area contributed by atoms with E-state index in [0.717, 1.165) is 9.37 Å². The SMILES string of the molecule is CC(NC1CC(=O)N(C)C1=O)c1cc(Br)ccc1F. The molecular formula is C13H14BrFN2O2. The minimum absolute atomic E-state index is 0.120. The van der Waals surface area contributed by atoms with E-state index in [1.807, 2.05) is 0 Å². The number of carbonyl (C=O) groups is 2. The number of hydrogen-bond donors (Lipinski definition) is 1. The molecule has 2 rings (SSSR count). The van der Waals surface area contributed by atoms with Crippen LogP contribution in [0.2, 0.25) is 0 Å². The standard InChI is InChI=1S/C13H14BrFN2O2/c1-7(9-5-8(14)3-4-10(9)15)16-11-6-12(18)17(2)13(11)19/h3-5,7,11,16H,6H2,1-2H3. The molecule has 6 heteroatoms. The second-order valence-corrected chi connectivity index (χ2v) is 5.52. The Morgan fingerprint density at radius 1 is 1.47 bits per heavy atom. The molecule has 0 aromatic heterocycles. The van der Waals surface area contributed by atoms with E-state index in [1.165, 1.54) is 13.1 Å². The maximum Gasteiger partial charge on any atom is 0.246 e. The molecule has 2 amide bonds. The largest absolute Gasteiger partial charge is 0.299 e. The van der Waals surface area contributed by atoms with E-state index in [9.17, 15) is 14.0 Å². The zero-order chi connectivity index (χ0) is 14.2. The molecule has 1 saturated heterocycles. The Bertz CT molecular complexity index is 535. The molecular weight excluding hydrogens is 315 g/mol. The Morgan fingerprint density at radius 2 is 2.16 bits per heavy atom. The number of rotatable bonds is 3. The first-order valence-electron chi connectivity index (χ1n) is 5.91. The van der Waals surface area contributed by atoms with Gasteiger partial charge < -0.3 is 0 Å². The van der Waals surface area contributed by atoms with Crippen molar-refractivity contribution in [3.63, 3.8) is 0 Å². The van der Waals surface area contributed by atoms with Gasteiger partial charge >= 0.3 is 0 Å². The molecule has 102 valence electrons. The monoisotopic (exact) mass is 328 g/mol. The predicted molar refractivity (Wildman–Crippen MR) is 71.8 cm³/mol. The highest BCUT2D eigenvalue weighted by atomic mass is 79.9. The van der Waals surface area contributed by atoms with Crippen LogP contribution >= 0.6 is 15.9 Å². The van der Waals surface area contributed by atoms with Crippen molar-refractivity contribution in [1.82, 2.24) is 10.2 Å². The smallest absolute Gasteiger partial charge is 0.246 e. The van der Waals surface area contributed by atoms with Gasteiger partial charge in [0.25, 0.3) is 0 Å². The molecule has 0 radical (unpaired) electrons. The fourth-order valence-corrected chi connectivity index (χ4v) is 2.50. The number of nitrogens with zero attached hydrogens (tertiary/aromatic N) is 1. The van der Waals surface area contributed by atoms with Crippen LogP contribution in [0.1, 0.15) is 24.9 Å². The topological polar surface area (TPSA) is 49.4 Å². The fourth-order valence-electron chi connectivity index (χ4n) is 2.12. The summed E-state index contributed by atoms with van der Waals surface area (Å²) in [4.78, 5) is 24.3. The lowest BCUT2D eigenvalue weighted by molar-refractivity contribution is -0.137. The molecule has 0 bridgehead atoms. The van der Waals surface area contributed by atoms with Crippen LogP contribution in [-0.4, -0.2) is 29.8 Å². The number of imide groups is 1. The fraction of sp³-hybridized carbons (Fsp3) is 0.385. The Balaban J connectivity index is 2.13. The van der Waals surface area contributed by atoms with Crippen molar-refractivity contribution in [2.24, 2.45) is 0 Å². The quantitative estimate of drug-likeness (QED) is 0.863. The van der Waals surface area contributed by atoms with Gasteiger partial charge in [-0.2, -0.15) is 0 Å².